The first-order chi connectivity index (χ1) is 6.24. The van der Waals surface area contributed by atoms with Crippen LogP contribution in [0.3, 0.4) is 0 Å². The van der Waals surface area contributed by atoms with Gasteiger partial charge in [0.15, 0.2) is 11.6 Å². The largest absolute Gasteiger partial charge is 0.295 e. The third kappa shape index (κ3) is 3.13. The third-order valence-corrected chi connectivity index (χ3v) is 2.44. The first kappa shape index (κ1) is 10.2. The first-order valence-corrected chi connectivity index (χ1v) is 4.98. The van der Waals surface area contributed by atoms with Crippen LogP contribution in [0, 0.1) is 5.92 Å². The number of hydrogen-bond acceptors (Lipinski definition) is 2. The molecule has 1 unspecified atom stereocenters. The van der Waals surface area contributed by atoms with Crippen LogP contribution in [-0.2, 0) is 9.59 Å². The summed E-state index contributed by atoms with van der Waals surface area (Å²) in [5, 5.41) is 0. The lowest BCUT2D eigenvalue weighted by Crippen LogP contribution is -2.20. The zero-order valence-electron chi connectivity index (χ0n) is 8.08. The van der Waals surface area contributed by atoms with Crippen LogP contribution in [0.15, 0.2) is 12.2 Å². The Morgan fingerprint density at radius 2 is 2.08 bits per heavy atom. The van der Waals surface area contributed by atoms with Gasteiger partial charge in [0, 0.05) is 12.3 Å². The van der Waals surface area contributed by atoms with Crippen molar-refractivity contribution in [2.75, 3.05) is 0 Å². The molecule has 0 aromatic carbocycles. The van der Waals surface area contributed by atoms with Gasteiger partial charge in [-0.05, 0) is 18.6 Å². The highest BCUT2D eigenvalue weighted by molar-refractivity contribution is 6.05. The molecule has 0 N–H and O–H groups in total. The average molecular weight is 180 g/mol. The molecule has 1 atom stereocenters. The normalized spacial score (nSPS) is 22.4. The summed E-state index contributed by atoms with van der Waals surface area (Å²) in [6.45, 7) is 2.13. The first-order valence-electron chi connectivity index (χ1n) is 4.98. The Hall–Kier alpha value is -0.920. The number of carbonyl (C=O) groups is 2. The van der Waals surface area contributed by atoms with Crippen LogP contribution in [-0.4, -0.2) is 11.6 Å². The average Bonchev–Trinajstić information content (AvgIpc) is 2.11. The van der Waals surface area contributed by atoms with Gasteiger partial charge in [-0.2, -0.15) is 0 Å². The molecular weight excluding hydrogens is 164 g/mol. The third-order valence-electron chi connectivity index (χ3n) is 2.44. The van der Waals surface area contributed by atoms with Crippen molar-refractivity contribution in [1.29, 1.82) is 0 Å². The quantitative estimate of drug-likeness (QED) is 0.622. The van der Waals surface area contributed by atoms with Crippen molar-refractivity contribution in [3.63, 3.8) is 0 Å². The standard InChI is InChI=1S/C11H16O2/c1-2-3-4-5-9-8-10(12)6-7-11(9)13/h6-7,9H,2-5,8H2,1H3. The number of rotatable bonds is 4. The van der Waals surface area contributed by atoms with E-state index in [4.69, 9.17) is 0 Å². The predicted molar refractivity (Wildman–Crippen MR) is 51.4 cm³/mol. The maximum atomic E-state index is 11.3. The second-order valence-corrected chi connectivity index (χ2v) is 3.60. The summed E-state index contributed by atoms with van der Waals surface area (Å²) in [5.74, 6) is 0.209. The fourth-order valence-corrected chi connectivity index (χ4v) is 1.61. The van der Waals surface area contributed by atoms with Crippen LogP contribution in [0.1, 0.15) is 39.0 Å². The molecule has 0 bridgehead atoms. The van der Waals surface area contributed by atoms with Gasteiger partial charge in [-0.25, -0.2) is 0 Å². The van der Waals surface area contributed by atoms with E-state index in [2.05, 4.69) is 6.92 Å². The Morgan fingerprint density at radius 3 is 2.77 bits per heavy atom. The molecule has 2 heteroatoms. The molecule has 0 saturated carbocycles. The molecule has 0 aromatic rings. The van der Waals surface area contributed by atoms with E-state index < -0.39 is 0 Å². The van der Waals surface area contributed by atoms with Gasteiger partial charge in [0.25, 0.3) is 0 Å². The van der Waals surface area contributed by atoms with Gasteiger partial charge in [0.1, 0.15) is 0 Å². The predicted octanol–water partition coefficient (Wildman–Crippen LogP) is 2.28. The zero-order valence-corrected chi connectivity index (χ0v) is 8.08. The molecule has 0 spiro atoms. The second kappa shape index (κ2) is 4.95. The van der Waals surface area contributed by atoms with Gasteiger partial charge < -0.3 is 0 Å². The summed E-state index contributed by atoms with van der Waals surface area (Å²) in [7, 11) is 0. The van der Waals surface area contributed by atoms with E-state index in [1.165, 1.54) is 12.2 Å². The Balaban J connectivity index is 2.37. The van der Waals surface area contributed by atoms with E-state index >= 15 is 0 Å². The van der Waals surface area contributed by atoms with Crippen LogP contribution in [0.5, 0.6) is 0 Å². The summed E-state index contributed by atoms with van der Waals surface area (Å²) in [5.41, 5.74) is 0. The van der Waals surface area contributed by atoms with Crippen molar-refractivity contribution in [2.24, 2.45) is 5.92 Å². The smallest absolute Gasteiger partial charge is 0.159 e. The van der Waals surface area contributed by atoms with Crippen molar-refractivity contribution in [1.82, 2.24) is 0 Å². The Bertz CT molecular complexity index is 228. The minimum atomic E-state index is -0.0240. The molecule has 0 heterocycles. The molecule has 1 rings (SSSR count). The lowest BCUT2D eigenvalue weighted by atomic mass is 9.88. The monoisotopic (exact) mass is 180 g/mol. The molecule has 0 aromatic heterocycles. The van der Waals surface area contributed by atoms with Gasteiger partial charge >= 0.3 is 0 Å². The molecule has 0 radical (unpaired) electrons. The highest BCUT2D eigenvalue weighted by atomic mass is 16.1. The summed E-state index contributed by atoms with van der Waals surface area (Å²) >= 11 is 0. The van der Waals surface area contributed by atoms with Gasteiger partial charge in [-0.1, -0.05) is 26.2 Å². The van der Waals surface area contributed by atoms with Gasteiger partial charge in [0.05, 0.1) is 0 Å². The van der Waals surface area contributed by atoms with Crippen LogP contribution in [0.25, 0.3) is 0 Å². The minimum absolute atomic E-state index is 0.0240. The summed E-state index contributed by atoms with van der Waals surface area (Å²) in [4.78, 5) is 22.3. The fourth-order valence-electron chi connectivity index (χ4n) is 1.61. The second-order valence-electron chi connectivity index (χ2n) is 3.60. The Labute approximate surface area is 79.0 Å². The van der Waals surface area contributed by atoms with Crippen LogP contribution >= 0.6 is 0 Å². The molecule has 0 amide bonds. The summed E-state index contributed by atoms with van der Waals surface area (Å²) in [6.07, 6.45) is 7.52. The molecule has 72 valence electrons. The minimum Gasteiger partial charge on any atom is -0.295 e. The van der Waals surface area contributed by atoms with E-state index in [1.807, 2.05) is 0 Å². The summed E-state index contributed by atoms with van der Waals surface area (Å²) in [6, 6.07) is 0. The molecule has 0 aliphatic heterocycles. The molecule has 1 aliphatic carbocycles. The van der Waals surface area contributed by atoms with Gasteiger partial charge in [-0.15, -0.1) is 0 Å². The van der Waals surface area contributed by atoms with E-state index in [0.717, 1.165) is 25.7 Å². The van der Waals surface area contributed by atoms with E-state index in [0.29, 0.717) is 6.42 Å². The molecule has 0 saturated heterocycles. The van der Waals surface area contributed by atoms with Crippen molar-refractivity contribution in [2.45, 2.75) is 39.0 Å². The molecular formula is C11H16O2. The van der Waals surface area contributed by atoms with Crippen LogP contribution in [0.2, 0.25) is 0 Å². The van der Waals surface area contributed by atoms with Gasteiger partial charge in [-0.3, -0.25) is 9.59 Å². The number of carbonyl (C=O) groups excluding carboxylic acids is 2. The van der Waals surface area contributed by atoms with E-state index in [-0.39, 0.29) is 17.5 Å². The Kier molecular flexibility index (Phi) is 3.87. The van der Waals surface area contributed by atoms with Crippen molar-refractivity contribution < 1.29 is 9.59 Å². The van der Waals surface area contributed by atoms with Crippen molar-refractivity contribution in [3.8, 4) is 0 Å². The SMILES string of the molecule is CCCCCC1CC(=O)C=CC1=O. The fraction of sp³-hybridized carbons (Fsp3) is 0.636. The van der Waals surface area contributed by atoms with E-state index in [1.54, 1.807) is 0 Å². The maximum Gasteiger partial charge on any atom is 0.159 e. The lowest BCUT2D eigenvalue weighted by Gasteiger charge is -2.14. The highest BCUT2D eigenvalue weighted by Crippen LogP contribution is 2.19. The molecule has 13 heavy (non-hydrogen) atoms. The highest BCUT2D eigenvalue weighted by Gasteiger charge is 2.21. The topological polar surface area (TPSA) is 34.1 Å². The van der Waals surface area contributed by atoms with Crippen LogP contribution < -0.4 is 0 Å². The lowest BCUT2D eigenvalue weighted by molar-refractivity contribution is -0.124. The maximum absolute atomic E-state index is 11.3. The van der Waals surface area contributed by atoms with Gasteiger partial charge in [0.2, 0.25) is 0 Å². The van der Waals surface area contributed by atoms with E-state index in [9.17, 15) is 9.59 Å². The number of hydrogen-bond donors (Lipinski definition) is 0. The number of ketones is 2. The molecule has 1 aliphatic rings. The number of unbranched alkanes of at least 4 members (excludes halogenated alkanes) is 2. The van der Waals surface area contributed by atoms with Crippen molar-refractivity contribution >= 4 is 11.6 Å². The summed E-state index contributed by atoms with van der Waals surface area (Å²) < 4.78 is 0. The molecule has 2 nitrogen and oxygen atoms in total. The Morgan fingerprint density at radius 1 is 1.31 bits per heavy atom. The van der Waals surface area contributed by atoms with Crippen molar-refractivity contribution in [3.05, 3.63) is 12.2 Å². The zero-order chi connectivity index (χ0) is 9.68. The molecule has 0 fully saturated rings. The number of allylic oxidation sites excluding steroid dienone is 2. The van der Waals surface area contributed by atoms with Crippen LogP contribution in [0.4, 0.5) is 0 Å².